The molecule has 2 aromatic carbocycles. The smallest absolute Gasteiger partial charge is 0.244 e. The number of nitrogens with one attached hydrogen (secondary N) is 1. The molecule has 3 N–H and O–H groups in total. The number of hydrogen-bond acceptors (Lipinski definition) is 5. The third-order valence-corrected chi connectivity index (χ3v) is 3.64. The zero-order valence-corrected chi connectivity index (χ0v) is 13.2. The molecule has 1 heterocycles. The first-order valence-corrected chi connectivity index (χ1v) is 7.59. The summed E-state index contributed by atoms with van der Waals surface area (Å²) in [7, 11) is 0. The van der Waals surface area contributed by atoms with Crippen LogP contribution in [0.5, 0.6) is 0 Å². The van der Waals surface area contributed by atoms with Gasteiger partial charge >= 0.3 is 0 Å². The largest absolute Gasteiger partial charge is 0.368 e. The van der Waals surface area contributed by atoms with E-state index in [4.69, 9.17) is 5.73 Å². The van der Waals surface area contributed by atoms with E-state index in [1.807, 2.05) is 18.2 Å². The van der Waals surface area contributed by atoms with Crippen molar-refractivity contribution in [3.05, 3.63) is 72.1 Å². The molecule has 8 heteroatoms. The van der Waals surface area contributed by atoms with E-state index in [9.17, 15) is 9.59 Å². The maximum Gasteiger partial charge on any atom is 0.244 e. The molecule has 0 saturated heterocycles. The average Bonchev–Trinajstić information content (AvgIpc) is 3.15. The first kappa shape index (κ1) is 16.3. The lowest BCUT2D eigenvalue weighted by Gasteiger charge is -2.16. The van der Waals surface area contributed by atoms with Crippen LogP contribution < -0.4 is 11.1 Å². The average molecular weight is 336 g/mol. The number of nitrogens with zero attached hydrogens (tertiary/aromatic N) is 4. The minimum Gasteiger partial charge on any atom is -0.368 e. The van der Waals surface area contributed by atoms with E-state index in [-0.39, 0.29) is 12.3 Å². The minimum absolute atomic E-state index is 0.131. The van der Waals surface area contributed by atoms with Gasteiger partial charge in [-0.15, -0.1) is 5.10 Å². The van der Waals surface area contributed by atoms with E-state index in [1.54, 1.807) is 36.4 Å². The number of carbonyl (C=O) groups excluding carboxylic acids is 2. The minimum atomic E-state index is -0.853. The van der Waals surface area contributed by atoms with Crippen LogP contribution in [0.4, 0.5) is 0 Å². The molecule has 0 unspecified atom stereocenters. The molecular formula is C17H16N6O2. The molecule has 0 spiro atoms. The van der Waals surface area contributed by atoms with E-state index in [1.165, 1.54) is 11.0 Å². The van der Waals surface area contributed by atoms with Gasteiger partial charge in [0.25, 0.3) is 0 Å². The maximum absolute atomic E-state index is 12.3. The number of benzene rings is 2. The summed E-state index contributed by atoms with van der Waals surface area (Å²) < 4.78 is 1.52. The van der Waals surface area contributed by atoms with Crippen molar-refractivity contribution in [2.45, 2.75) is 12.5 Å². The number of rotatable bonds is 6. The monoisotopic (exact) mass is 336 g/mol. The second-order valence-corrected chi connectivity index (χ2v) is 5.41. The standard InChI is InChI=1S/C17H16N6O2/c18-17(25)16(13-4-2-1-3-5-13)20-15(24)10-12-6-8-14(9-7-12)23-11-19-21-22-23/h1-9,11,16H,10H2,(H2,18,25)(H,20,24)/t16-/m1/s1. The van der Waals surface area contributed by atoms with Crippen LogP contribution in [0.15, 0.2) is 60.9 Å². The fourth-order valence-electron chi connectivity index (χ4n) is 2.41. The fourth-order valence-corrected chi connectivity index (χ4v) is 2.41. The highest BCUT2D eigenvalue weighted by Crippen LogP contribution is 2.13. The Bertz CT molecular complexity index is 847. The zero-order chi connectivity index (χ0) is 17.6. The lowest BCUT2D eigenvalue weighted by Crippen LogP contribution is -2.38. The van der Waals surface area contributed by atoms with Gasteiger partial charge in [0.05, 0.1) is 12.1 Å². The molecule has 0 saturated carbocycles. The van der Waals surface area contributed by atoms with Gasteiger partial charge < -0.3 is 11.1 Å². The lowest BCUT2D eigenvalue weighted by molar-refractivity contribution is -0.127. The number of carbonyl (C=O) groups is 2. The molecule has 8 nitrogen and oxygen atoms in total. The Kier molecular flexibility index (Phi) is 4.79. The van der Waals surface area contributed by atoms with Crippen LogP contribution in [0.3, 0.4) is 0 Å². The Labute approximate surface area is 143 Å². The molecule has 1 aromatic heterocycles. The Morgan fingerprint density at radius 2 is 1.80 bits per heavy atom. The summed E-state index contributed by atoms with van der Waals surface area (Å²) in [6, 6.07) is 15.3. The zero-order valence-electron chi connectivity index (χ0n) is 13.2. The van der Waals surface area contributed by atoms with Crippen LogP contribution in [0.25, 0.3) is 5.69 Å². The van der Waals surface area contributed by atoms with E-state index in [0.29, 0.717) is 5.56 Å². The highest BCUT2D eigenvalue weighted by atomic mass is 16.2. The van der Waals surface area contributed by atoms with Crippen molar-refractivity contribution < 1.29 is 9.59 Å². The molecule has 0 fully saturated rings. The summed E-state index contributed by atoms with van der Waals surface area (Å²) in [6.07, 6.45) is 1.62. The molecule has 0 aliphatic carbocycles. The third-order valence-electron chi connectivity index (χ3n) is 3.64. The van der Waals surface area contributed by atoms with E-state index >= 15 is 0 Å². The number of hydrogen-bond donors (Lipinski definition) is 2. The van der Waals surface area contributed by atoms with Crippen LogP contribution in [0, 0.1) is 0 Å². The van der Waals surface area contributed by atoms with Gasteiger partial charge in [0.15, 0.2) is 0 Å². The summed E-state index contributed by atoms with van der Waals surface area (Å²) in [6.45, 7) is 0. The summed E-state index contributed by atoms with van der Waals surface area (Å²) in [5, 5.41) is 13.6. The van der Waals surface area contributed by atoms with E-state index in [0.717, 1.165) is 11.3 Å². The van der Waals surface area contributed by atoms with Gasteiger partial charge in [0, 0.05) is 0 Å². The van der Waals surface area contributed by atoms with E-state index < -0.39 is 11.9 Å². The summed E-state index contributed by atoms with van der Waals surface area (Å²) in [5.74, 6) is -0.892. The van der Waals surface area contributed by atoms with Crippen molar-refractivity contribution in [3.63, 3.8) is 0 Å². The molecule has 3 aromatic rings. The molecular weight excluding hydrogens is 320 g/mol. The molecule has 0 bridgehead atoms. The second kappa shape index (κ2) is 7.35. The van der Waals surface area contributed by atoms with Gasteiger partial charge in [-0.2, -0.15) is 0 Å². The Hall–Kier alpha value is -3.55. The highest BCUT2D eigenvalue weighted by Gasteiger charge is 2.19. The molecule has 2 amide bonds. The number of amides is 2. The number of tetrazole rings is 1. The fraction of sp³-hybridized carbons (Fsp3) is 0.118. The molecule has 1 atom stereocenters. The SMILES string of the molecule is NC(=O)[C@H](NC(=O)Cc1ccc(-n2cnnn2)cc1)c1ccccc1. The predicted molar refractivity (Wildman–Crippen MR) is 89.4 cm³/mol. The van der Waals surface area contributed by atoms with Crippen LogP contribution in [-0.4, -0.2) is 32.0 Å². The maximum atomic E-state index is 12.3. The van der Waals surface area contributed by atoms with Gasteiger partial charge in [0.2, 0.25) is 11.8 Å². The van der Waals surface area contributed by atoms with Gasteiger partial charge in [0.1, 0.15) is 12.4 Å². The molecule has 3 rings (SSSR count). The normalized spacial score (nSPS) is 11.7. The number of primary amides is 1. The van der Waals surface area contributed by atoms with Crippen molar-refractivity contribution in [3.8, 4) is 5.69 Å². The second-order valence-electron chi connectivity index (χ2n) is 5.41. The first-order chi connectivity index (χ1) is 12.1. The molecule has 126 valence electrons. The van der Waals surface area contributed by atoms with Gasteiger partial charge in [-0.05, 0) is 33.7 Å². The topological polar surface area (TPSA) is 116 Å². The lowest BCUT2D eigenvalue weighted by atomic mass is 10.1. The highest BCUT2D eigenvalue weighted by molar-refractivity contribution is 5.88. The van der Waals surface area contributed by atoms with Crippen molar-refractivity contribution >= 4 is 11.8 Å². The van der Waals surface area contributed by atoms with Crippen LogP contribution in [-0.2, 0) is 16.0 Å². The Balaban J connectivity index is 1.66. The van der Waals surface area contributed by atoms with Crippen LogP contribution >= 0.6 is 0 Å². The van der Waals surface area contributed by atoms with Crippen LogP contribution in [0.1, 0.15) is 17.2 Å². The molecule has 0 aliphatic heterocycles. The van der Waals surface area contributed by atoms with Crippen molar-refractivity contribution in [1.29, 1.82) is 0 Å². The molecule has 25 heavy (non-hydrogen) atoms. The quantitative estimate of drug-likeness (QED) is 0.682. The van der Waals surface area contributed by atoms with Gasteiger partial charge in [-0.3, -0.25) is 9.59 Å². The third kappa shape index (κ3) is 4.05. The predicted octanol–water partition coefficient (Wildman–Crippen LogP) is 0.548. The van der Waals surface area contributed by atoms with Gasteiger partial charge in [-0.1, -0.05) is 42.5 Å². The molecule has 0 aliphatic rings. The van der Waals surface area contributed by atoms with Crippen molar-refractivity contribution in [2.75, 3.05) is 0 Å². The van der Waals surface area contributed by atoms with Crippen LogP contribution in [0.2, 0.25) is 0 Å². The van der Waals surface area contributed by atoms with Gasteiger partial charge in [-0.25, -0.2) is 4.68 Å². The van der Waals surface area contributed by atoms with Crippen molar-refractivity contribution in [2.24, 2.45) is 5.73 Å². The first-order valence-electron chi connectivity index (χ1n) is 7.59. The summed E-state index contributed by atoms with van der Waals surface area (Å²) >= 11 is 0. The Morgan fingerprint density at radius 3 is 2.40 bits per heavy atom. The summed E-state index contributed by atoms with van der Waals surface area (Å²) in [5.41, 5.74) is 7.64. The summed E-state index contributed by atoms with van der Waals surface area (Å²) in [4.78, 5) is 23.9. The molecule has 0 radical (unpaired) electrons. The van der Waals surface area contributed by atoms with Crippen molar-refractivity contribution in [1.82, 2.24) is 25.5 Å². The Morgan fingerprint density at radius 1 is 1.08 bits per heavy atom. The number of nitrogens with two attached hydrogens (primary N) is 1. The van der Waals surface area contributed by atoms with E-state index in [2.05, 4.69) is 20.8 Å². The number of aromatic nitrogens is 4.